The van der Waals surface area contributed by atoms with Crippen molar-refractivity contribution in [3.05, 3.63) is 54.4 Å². The lowest BCUT2D eigenvalue weighted by molar-refractivity contribution is 0.210. The van der Waals surface area contributed by atoms with Gasteiger partial charge in [-0.3, -0.25) is 0 Å². The number of ether oxygens (including phenoxy) is 2. The fourth-order valence-electron chi connectivity index (χ4n) is 2.96. The van der Waals surface area contributed by atoms with Crippen LogP contribution in [0.15, 0.2) is 52.9 Å². The van der Waals surface area contributed by atoms with Crippen LogP contribution in [-0.4, -0.2) is 30.0 Å². The molecule has 1 aliphatic heterocycles. The van der Waals surface area contributed by atoms with Crippen LogP contribution < -0.4 is 14.4 Å². The SMILES string of the molecule is COc1ccc2c(c1)N(Cc1nnc(-c3ccccc3)o1)C[C@@H](C)O2. The maximum atomic E-state index is 5.91. The summed E-state index contributed by atoms with van der Waals surface area (Å²) in [6, 6.07) is 15.6. The molecule has 0 bridgehead atoms. The van der Waals surface area contributed by atoms with Crippen LogP contribution >= 0.6 is 0 Å². The molecule has 2 heterocycles. The van der Waals surface area contributed by atoms with Gasteiger partial charge < -0.3 is 18.8 Å². The quantitative estimate of drug-likeness (QED) is 0.726. The summed E-state index contributed by atoms with van der Waals surface area (Å²) in [5.41, 5.74) is 1.88. The number of hydrogen-bond acceptors (Lipinski definition) is 6. The Bertz CT molecular complexity index is 863. The molecule has 0 spiro atoms. The first-order chi connectivity index (χ1) is 12.2. The number of hydrogen-bond donors (Lipinski definition) is 0. The average molecular weight is 337 g/mol. The number of methoxy groups -OCH3 is 1. The van der Waals surface area contributed by atoms with Crippen molar-refractivity contribution in [2.24, 2.45) is 0 Å². The number of rotatable bonds is 4. The predicted octanol–water partition coefficient (Wildman–Crippen LogP) is 3.53. The van der Waals surface area contributed by atoms with E-state index in [1.807, 2.05) is 55.5 Å². The van der Waals surface area contributed by atoms with Crippen LogP contribution in [0, 0.1) is 0 Å². The number of benzene rings is 2. The molecule has 25 heavy (non-hydrogen) atoms. The summed E-state index contributed by atoms with van der Waals surface area (Å²) in [5.74, 6) is 2.73. The first kappa shape index (κ1) is 15.5. The van der Waals surface area contributed by atoms with Gasteiger partial charge in [0.1, 0.15) is 17.6 Å². The van der Waals surface area contributed by atoms with E-state index < -0.39 is 0 Å². The molecule has 0 unspecified atom stereocenters. The zero-order valence-electron chi connectivity index (χ0n) is 14.2. The highest BCUT2D eigenvalue weighted by Gasteiger charge is 2.25. The molecule has 4 rings (SSSR count). The van der Waals surface area contributed by atoms with E-state index in [-0.39, 0.29) is 6.10 Å². The molecule has 0 saturated carbocycles. The summed E-state index contributed by atoms with van der Waals surface area (Å²) in [7, 11) is 1.66. The van der Waals surface area contributed by atoms with Crippen LogP contribution in [0.1, 0.15) is 12.8 Å². The van der Waals surface area contributed by atoms with Gasteiger partial charge in [0.2, 0.25) is 11.8 Å². The maximum Gasteiger partial charge on any atom is 0.247 e. The minimum absolute atomic E-state index is 0.0809. The molecular weight excluding hydrogens is 318 g/mol. The van der Waals surface area contributed by atoms with Gasteiger partial charge in [0.15, 0.2) is 0 Å². The third-order valence-electron chi connectivity index (χ3n) is 4.13. The van der Waals surface area contributed by atoms with Crippen molar-refractivity contribution in [2.75, 3.05) is 18.6 Å². The minimum atomic E-state index is 0.0809. The van der Waals surface area contributed by atoms with E-state index in [9.17, 15) is 0 Å². The first-order valence-electron chi connectivity index (χ1n) is 8.20. The van der Waals surface area contributed by atoms with Crippen molar-refractivity contribution in [1.29, 1.82) is 0 Å². The van der Waals surface area contributed by atoms with Crippen LogP contribution in [0.4, 0.5) is 5.69 Å². The molecule has 128 valence electrons. The second kappa shape index (κ2) is 6.47. The Balaban J connectivity index is 1.60. The predicted molar refractivity (Wildman–Crippen MR) is 93.9 cm³/mol. The zero-order valence-corrected chi connectivity index (χ0v) is 14.2. The van der Waals surface area contributed by atoms with Gasteiger partial charge in [0.25, 0.3) is 0 Å². The molecule has 0 fully saturated rings. The van der Waals surface area contributed by atoms with Crippen LogP contribution in [0.3, 0.4) is 0 Å². The Labute approximate surface area is 146 Å². The maximum absolute atomic E-state index is 5.91. The van der Waals surface area contributed by atoms with Crippen LogP contribution in [-0.2, 0) is 6.54 Å². The van der Waals surface area contributed by atoms with E-state index in [1.165, 1.54) is 0 Å². The Morgan fingerprint density at radius 3 is 2.80 bits per heavy atom. The highest BCUT2D eigenvalue weighted by Crippen LogP contribution is 2.37. The van der Waals surface area contributed by atoms with Gasteiger partial charge in [-0.15, -0.1) is 10.2 Å². The molecule has 0 amide bonds. The van der Waals surface area contributed by atoms with Gasteiger partial charge in [0, 0.05) is 11.6 Å². The number of nitrogens with zero attached hydrogens (tertiary/aromatic N) is 3. The number of aromatic nitrogens is 2. The molecule has 0 N–H and O–H groups in total. The largest absolute Gasteiger partial charge is 0.497 e. The monoisotopic (exact) mass is 337 g/mol. The van der Waals surface area contributed by atoms with Crippen molar-refractivity contribution in [1.82, 2.24) is 10.2 Å². The Kier molecular flexibility index (Phi) is 4.01. The molecule has 6 nitrogen and oxygen atoms in total. The van der Waals surface area contributed by atoms with E-state index in [1.54, 1.807) is 7.11 Å². The molecule has 0 radical (unpaired) electrons. The molecule has 3 aromatic rings. The molecule has 6 heteroatoms. The minimum Gasteiger partial charge on any atom is -0.497 e. The number of fused-ring (bicyclic) bond motifs is 1. The van der Waals surface area contributed by atoms with E-state index in [0.717, 1.165) is 29.3 Å². The van der Waals surface area contributed by atoms with Crippen molar-refractivity contribution >= 4 is 5.69 Å². The third kappa shape index (κ3) is 3.15. The standard InChI is InChI=1S/C19H19N3O3/c1-13-11-22(16-10-15(23-2)8-9-17(16)24-13)12-18-20-21-19(25-18)14-6-4-3-5-7-14/h3-10,13H,11-12H2,1-2H3/t13-/m1/s1. The van der Waals surface area contributed by atoms with Gasteiger partial charge >= 0.3 is 0 Å². The molecular formula is C19H19N3O3. The van der Waals surface area contributed by atoms with Crippen molar-refractivity contribution in [3.8, 4) is 23.0 Å². The highest BCUT2D eigenvalue weighted by molar-refractivity contribution is 5.63. The van der Waals surface area contributed by atoms with Crippen LogP contribution in [0.2, 0.25) is 0 Å². The van der Waals surface area contributed by atoms with E-state index >= 15 is 0 Å². The van der Waals surface area contributed by atoms with Crippen molar-refractivity contribution in [2.45, 2.75) is 19.6 Å². The molecule has 2 aromatic carbocycles. The molecule has 1 atom stereocenters. The van der Waals surface area contributed by atoms with Gasteiger partial charge in [-0.1, -0.05) is 18.2 Å². The summed E-state index contributed by atoms with van der Waals surface area (Å²) in [6.45, 7) is 3.31. The summed E-state index contributed by atoms with van der Waals surface area (Å²) in [5, 5.41) is 8.36. The second-order valence-electron chi connectivity index (χ2n) is 6.01. The van der Waals surface area contributed by atoms with Crippen LogP contribution in [0.5, 0.6) is 11.5 Å². The third-order valence-corrected chi connectivity index (χ3v) is 4.13. The Morgan fingerprint density at radius 2 is 2.00 bits per heavy atom. The Hall–Kier alpha value is -3.02. The van der Waals surface area contributed by atoms with E-state index in [4.69, 9.17) is 13.9 Å². The normalized spacial score (nSPS) is 16.2. The highest BCUT2D eigenvalue weighted by atomic mass is 16.5. The second-order valence-corrected chi connectivity index (χ2v) is 6.01. The lowest BCUT2D eigenvalue weighted by atomic mass is 10.2. The lowest BCUT2D eigenvalue weighted by Crippen LogP contribution is -2.38. The molecule has 1 aliphatic rings. The fourth-order valence-corrected chi connectivity index (χ4v) is 2.96. The van der Waals surface area contributed by atoms with Crippen molar-refractivity contribution < 1.29 is 13.9 Å². The lowest BCUT2D eigenvalue weighted by Gasteiger charge is -2.34. The smallest absolute Gasteiger partial charge is 0.247 e. The van der Waals surface area contributed by atoms with Crippen LogP contribution in [0.25, 0.3) is 11.5 Å². The number of anilines is 1. The first-order valence-corrected chi connectivity index (χ1v) is 8.20. The Morgan fingerprint density at radius 1 is 1.16 bits per heavy atom. The zero-order chi connectivity index (χ0) is 17.2. The van der Waals surface area contributed by atoms with E-state index in [2.05, 4.69) is 15.1 Å². The summed E-state index contributed by atoms with van der Waals surface area (Å²) >= 11 is 0. The van der Waals surface area contributed by atoms with Gasteiger partial charge in [-0.25, -0.2) is 0 Å². The summed E-state index contributed by atoms with van der Waals surface area (Å²) < 4.78 is 17.1. The average Bonchev–Trinajstić information content (AvgIpc) is 3.10. The van der Waals surface area contributed by atoms with Gasteiger partial charge in [-0.05, 0) is 31.2 Å². The summed E-state index contributed by atoms with van der Waals surface area (Å²) in [4.78, 5) is 2.17. The van der Waals surface area contributed by atoms with Crippen molar-refractivity contribution in [3.63, 3.8) is 0 Å². The summed E-state index contributed by atoms with van der Waals surface area (Å²) in [6.07, 6.45) is 0.0809. The van der Waals surface area contributed by atoms with Gasteiger partial charge in [0.05, 0.1) is 25.9 Å². The fraction of sp³-hybridized carbons (Fsp3) is 0.263. The molecule has 1 aromatic heterocycles. The molecule has 0 aliphatic carbocycles. The van der Waals surface area contributed by atoms with Gasteiger partial charge in [-0.2, -0.15) is 0 Å². The van der Waals surface area contributed by atoms with E-state index in [0.29, 0.717) is 18.3 Å². The molecule has 0 saturated heterocycles. The topological polar surface area (TPSA) is 60.6 Å².